The quantitative estimate of drug-likeness (QED) is 0.713. The lowest BCUT2D eigenvalue weighted by Gasteiger charge is -2.10. The first-order valence-corrected chi connectivity index (χ1v) is 5.41. The summed E-state index contributed by atoms with van der Waals surface area (Å²) >= 11 is 0. The summed E-state index contributed by atoms with van der Waals surface area (Å²) in [6, 6.07) is 4.43. The highest BCUT2D eigenvalue weighted by atomic mass is 16.5. The number of hydrogen-bond acceptors (Lipinski definition) is 4. The number of carbonyl (C=O) groups excluding carboxylic acids is 1. The monoisotopic (exact) mass is 239 g/mol. The van der Waals surface area contributed by atoms with Crippen LogP contribution in [-0.4, -0.2) is 35.9 Å². The van der Waals surface area contributed by atoms with Gasteiger partial charge < -0.3 is 20.3 Å². The molecule has 0 aliphatic carbocycles. The Bertz CT molecular complexity index is 392. The molecule has 0 saturated carbocycles. The lowest BCUT2D eigenvalue weighted by Crippen LogP contribution is -2.31. The predicted molar refractivity (Wildman–Crippen MR) is 63.3 cm³/mol. The summed E-state index contributed by atoms with van der Waals surface area (Å²) in [5.41, 5.74) is 0.161. The fraction of sp³-hybridized carbons (Fsp3) is 0.417. The molecule has 0 aliphatic heterocycles. The molecule has 0 fully saturated rings. The number of ether oxygens (including phenoxy) is 1. The molecule has 94 valence electrons. The molecule has 17 heavy (non-hydrogen) atoms. The smallest absolute Gasteiger partial charge is 0.255 e. The topological polar surface area (TPSA) is 78.8 Å². The molecule has 0 aliphatic rings. The van der Waals surface area contributed by atoms with E-state index in [2.05, 4.69) is 5.32 Å². The standard InChI is InChI=1S/C12H17NO4/c1-3-8(14)7-13-12(16)10-5-4-9(17-2)6-11(10)15/h4-6,8,14-15H,3,7H2,1-2H3,(H,13,16). The van der Waals surface area contributed by atoms with Crippen LogP contribution in [0.4, 0.5) is 0 Å². The summed E-state index contributed by atoms with van der Waals surface area (Å²) in [5.74, 6) is -0.0851. The molecule has 0 spiro atoms. The van der Waals surface area contributed by atoms with Crippen molar-refractivity contribution in [2.75, 3.05) is 13.7 Å². The van der Waals surface area contributed by atoms with Crippen molar-refractivity contribution in [3.05, 3.63) is 23.8 Å². The Hall–Kier alpha value is -1.75. The van der Waals surface area contributed by atoms with Crippen LogP contribution in [0.15, 0.2) is 18.2 Å². The molecule has 0 saturated heterocycles. The number of rotatable bonds is 5. The summed E-state index contributed by atoms with van der Waals surface area (Å²) in [7, 11) is 1.48. The SMILES string of the molecule is CCC(O)CNC(=O)c1ccc(OC)cc1O. The number of phenolic OH excluding ortho intramolecular Hbond substituents is 1. The van der Waals surface area contributed by atoms with Gasteiger partial charge in [-0.3, -0.25) is 4.79 Å². The number of aliphatic hydroxyl groups excluding tert-OH is 1. The van der Waals surface area contributed by atoms with Crippen LogP contribution in [0.5, 0.6) is 11.5 Å². The first kappa shape index (κ1) is 13.3. The van der Waals surface area contributed by atoms with Gasteiger partial charge in [0.25, 0.3) is 5.91 Å². The second-order valence-corrected chi connectivity index (χ2v) is 3.66. The van der Waals surface area contributed by atoms with Crippen molar-refractivity contribution in [1.29, 1.82) is 0 Å². The van der Waals surface area contributed by atoms with Crippen molar-refractivity contribution in [1.82, 2.24) is 5.32 Å². The molecule has 1 atom stereocenters. The molecule has 1 aromatic rings. The van der Waals surface area contributed by atoms with Gasteiger partial charge in [0.2, 0.25) is 0 Å². The van der Waals surface area contributed by atoms with Crippen LogP contribution in [0.25, 0.3) is 0 Å². The van der Waals surface area contributed by atoms with Crippen LogP contribution in [-0.2, 0) is 0 Å². The molecule has 5 heteroatoms. The van der Waals surface area contributed by atoms with E-state index in [1.165, 1.54) is 19.2 Å². The number of hydrogen-bond donors (Lipinski definition) is 3. The van der Waals surface area contributed by atoms with E-state index in [0.717, 1.165) is 0 Å². The minimum atomic E-state index is -0.570. The first-order valence-electron chi connectivity index (χ1n) is 5.41. The van der Waals surface area contributed by atoms with Gasteiger partial charge in [-0.15, -0.1) is 0 Å². The zero-order chi connectivity index (χ0) is 12.8. The van der Waals surface area contributed by atoms with Gasteiger partial charge in [-0.2, -0.15) is 0 Å². The van der Waals surface area contributed by atoms with Gasteiger partial charge in [0.05, 0.1) is 18.8 Å². The van der Waals surface area contributed by atoms with Gasteiger partial charge in [0.1, 0.15) is 11.5 Å². The molecule has 3 N–H and O–H groups in total. The largest absolute Gasteiger partial charge is 0.507 e. The highest BCUT2D eigenvalue weighted by Gasteiger charge is 2.12. The van der Waals surface area contributed by atoms with E-state index in [9.17, 15) is 15.0 Å². The lowest BCUT2D eigenvalue weighted by molar-refractivity contribution is 0.0911. The average Bonchev–Trinajstić information content (AvgIpc) is 2.35. The number of benzene rings is 1. The fourth-order valence-corrected chi connectivity index (χ4v) is 1.28. The van der Waals surface area contributed by atoms with E-state index in [0.29, 0.717) is 12.2 Å². The van der Waals surface area contributed by atoms with Crippen molar-refractivity contribution in [2.45, 2.75) is 19.4 Å². The van der Waals surface area contributed by atoms with E-state index in [4.69, 9.17) is 4.74 Å². The van der Waals surface area contributed by atoms with Crippen molar-refractivity contribution in [2.24, 2.45) is 0 Å². The minimum Gasteiger partial charge on any atom is -0.507 e. The van der Waals surface area contributed by atoms with Crippen LogP contribution >= 0.6 is 0 Å². The fourth-order valence-electron chi connectivity index (χ4n) is 1.28. The van der Waals surface area contributed by atoms with Crippen LogP contribution < -0.4 is 10.1 Å². The highest BCUT2D eigenvalue weighted by Crippen LogP contribution is 2.23. The third kappa shape index (κ3) is 3.64. The molecule has 1 unspecified atom stereocenters. The molecular formula is C12H17NO4. The third-order valence-electron chi connectivity index (χ3n) is 2.42. The summed E-state index contributed by atoms with van der Waals surface area (Å²) in [5, 5.41) is 21.5. The van der Waals surface area contributed by atoms with Crippen molar-refractivity contribution in [3.8, 4) is 11.5 Å². The molecule has 0 bridgehead atoms. The second kappa shape index (κ2) is 6.10. The van der Waals surface area contributed by atoms with Crippen LogP contribution in [0, 0.1) is 0 Å². The number of carbonyl (C=O) groups is 1. The summed E-state index contributed by atoms with van der Waals surface area (Å²) < 4.78 is 4.91. The van der Waals surface area contributed by atoms with Crippen LogP contribution in [0.3, 0.4) is 0 Å². The van der Waals surface area contributed by atoms with E-state index in [1.54, 1.807) is 6.07 Å². The van der Waals surface area contributed by atoms with Gasteiger partial charge in [-0.25, -0.2) is 0 Å². The third-order valence-corrected chi connectivity index (χ3v) is 2.42. The number of methoxy groups -OCH3 is 1. The van der Waals surface area contributed by atoms with Gasteiger partial charge in [-0.1, -0.05) is 6.92 Å². The van der Waals surface area contributed by atoms with Gasteiger partial charge in [0.15, 0.2) is 0 Å². The number of nitrogens with one attached hydrogen (secondary N) is 1. The Balaban J connectivity index is 2.69. The highest BCUT2D eigenvalue weighted by molar-refractivity contribution is 5.97. The van der Waals surface area contributed by atoms with E-state index in [-0.39, 0.29) is 17.9 Å². The predicted octanol–water partition coefficient (Wildman–Crippen LogP) is 0.902. The number of aromatic hydroxyl groups is 1. The van der Waals surface area contributed by atoms with Gasteiger partial charge in [0, 0.05) is 12.6 Å². The van der Waals surface area contributed by atoms with Crippen molar-refractivity contribution in [3.63, 3.8) is 0 Å². The molecular weight excluding hydrogens is 222 g/mol. The normalized spacial score (nSPS) is 11.9. The Labute approximate surface area is 100 Å². The lowest BCUT2D eigenvalue weighted by atomic mass is 10.1. The maximum absolute atomic E-state index is 11.7. The molecule has 1 aromatic carbocycles. The summed E-state index contributed by atoms with van der Waals surface area (Å²) in [6.45, 7) is 1.99. The van der Waals surface area contributed by atoms with Gasteiger partial charge >= 0.3 is 0 Å². The maximum atomic E-state index is 11.7. The maximum Gasteiger partial charge on any atom is 0.255 e. The number of amides is 1. The second-order valence-electron chi connectivity index (χ2n) is 3.66. The number of aliphatic hydroxyl groups is 1. The van der Waals surface area contributed by atoms with E-state index in [1.807, 2.05) is 6.92 Å². The molecule has 0 aromatic heterocycles. The Kier molecular flexibility index (Phi) is 4.78. The number of phenols is 1. The van der Waals surface area contributed by atoms with E-state index >= 15 is 0 Å². The van der Waals surface area contributed by atoms with Gasteiger partial charge in [-0.05, 0) is 18.6 Å². The molecule has 0 radical (unpaired) electrons. The van der Waals surface area contributed by atoms with Crippen molar-refractivity contribution >= 4 is 5.91 Å². The summed E-state index contributed by atoms with van der Waals surface area (Å²) in [6.07, 6.45) is -0.00569. The first-order chi connectivity index (χ1) is 8.08. The Morgan fingerprint density at radius 1 is 1.53 bits per heavy atom. The van der Waals surface area contributed by atoms with E-state index < -0.39 is 12.0 Å². The summed E-state index contributed by atoms with van der Waals surface area (Å²) in [4.78, 5) is 11.7. The van der Waals surface area contributed by atoms with Crippen LogP contribution in [0.2, 0.25) is 0 Å². The van der Waals surface area contributed by atoms with Crippen molar-refractivity contribution < 1.29 is 19.7 Å². The Morgan fingerprint density at radius 2 is 2.24 bits per heavy atom. The minimum absolute atomic E-state index is 0.146. The average molecular weight is 239 g/mol. The molecule has 1 amide bonds. The zero-order valence-corrected chi connectivity index (χ0v) is 9.93. The molecule has 5 nitrogen and oxygen atoms in total. The molecule has 0 heterocycles. The zero-order valence-electron chi connectivity index (χ0n) is 9.93. The Morgan fingerprint density at radius 3 is 2.76 bits per heavy atom. The molecule has 1 rings (SSSR count). The van der Waals surface area contributed by atoms with Crippen LogP contribution in [0.1, 0.15) is 23.7 Å².